The minimum absolute atomic E-state index is 0.0316. The van der Waals surface area contributed by atoms with Crippen LogP contribution in [-0.2, 0) is 6.42 Å². The number of hydrogen-bond donors (Lipinski definition) is 2. The highest BCUT2D eigenvalue weighted by Gasteiger charge is 2.43. The van der Waals surface area contributed by atoms with Crippen LogP contribution in [0.25, 0.3) is 10.9 Å². The molecule has 4 aromatic rings. The van der Waals surface area contributed by atoms with Gasteiger partial charge in [-0.05, 0) is 36.3 Å². The Kier molecular flexibility index (Phi) is 4.45. The van der Waals surface area contributed by atoms with Gasteiger partial charge >= 0.3 is 0 Å². The fraction of sp³-hybridized carbons (Fsp3) is 0.391. The second-order valence-corrected chi connectivity index (χ2v) is 8.85. The van der Waals surface area contributed by atoms with Crippen LogP contribution in [0.4, 0.5) is 5.82 Å². The van der Waals surface area contributed by atoms with Crippen LogP contribution >= 0.6 is 0 Å². The highest BCUT2D eigenvalue weighted by atomic mass is 16.3. The van der Waals surface area contributed by atoms with Gasteiger partial charge in [-0.25, -0.2) is 9.67 Å². The lowest BCUT2D eigenvalue weighted by Crippen LogP contribution is -2.36. The van der Waals surface area contributed by atoms with E-state index in [0.29, 0.717) is 11.8 Å². The maximum atomic E-state index is 10.9. The van der Waals surface area contributed by atoms with Crippen LogP contribution in [0, 0.1) is 11.8 Å². The van der Waals surface area contributed by atoms with Crippen molar-refractivity contribution in [1.82, 2.24) is 30.2 Å². The molecule has 2 aliphatic rings. The minimum atomic E-state index is -0.412. The molecule has 0 amide bonds. The fourth-order valence-corrected chi connectivity index (χ4v) is 5.33. The molecule has 1 saturated carbocycles. The van der Waals surface area contributed by atoms with Crippen LogP contribution in [0.3, 0.4) is 0 Å². The molecule has 8 nitrogen and oxygen atoms in total. The summed E-state index contributed by atoms with van der Waals surface area (Å²) in [5.74, 6) is 1.94. The van der Waals surface area contributed by atoms with Gasteiger partial charge in [-0.1, -0.05) is 35.5 Å². The summed E-state index contributed by atoms with van der Waals surface area (Å²) in [4.78, 5) is 6.99. The average Bonchev–Trinajstić information content (AvgIpc) is 3.52. The summed E-state index contributed by atoms with van der Waals surface area (Å²) < 4.78 is 1.89. The molecule has 2 N–H and O–H groups in total. The number of hydrogen-bond acceptors (Lipinski definition) is 6. The molecular formula is C23H25N7O. The number of rotatable bonds is 4. The van der Waals surface area contributed by atoms with E-state index in [-0.39, 0.29) is 6.04 Å². The number of aromatic nitrogens is 6. The van der Waals surface area contributed by atoms with Gasteiger partial charge in [0.25, 0.3) is 0 Å². The number of pyridine rings is 1. The number of nitrogens with one attached hydrogen (secondary N) is 1. The van der Waals surface area contributed by atoms with Gasteiger partial charge < -0.3 is 10.0 Å². The van der Waals surface area contributed by atoms with Crippen molar-refractivity contribution < 1.29 is 5.11 Å². The van der Waals surface area contributed by atoms with E-state index in [4.69, 9.17) is 0 Å². The minimum Gasteiger partial charge on any atom is -0.391 e. The summed E-state index contributed by atoms with van der Waals surface area (Å²) in [6, 6.07) is 12.2. The zero-order chi connectivity index (χ0) is 20.8. The Balaban J connectivity index is 1.19. The summed E-state index contributed by atoms with van der Waals surface area (Å²) in [5, 5.41) is 27.9. The standard InChI is InChI=1S/C23H25N7O/c31-22-10-17-13-29(23-19-11-25-27-20(19)6-7-24-23)12-16(17)9-21(22)30-14-18(26-28-30)8-15-4-2-1-3-5-15/h1-7,11,14,16-17,21-22,31H,8-10,12-13H2,(H,25,27)/t16-,17+,21-,22-/m1/s1. The summed E-state index contributed by atoms with van der Waals surface area (Å²) in [6.45, 7) is 1.86. The lowest BCUT2D eigenvalue weighted by Gasteiger charge is -2.34. The van der Waals surface area contributed by atoms with Crippen molar-refractivity contribution in [2.75, 3.05) is 18.0 Å². The number of H-pyrrole nitrogens is 1. The Labute approximate surface area is 179 Å². The van der Waals surface area contributed by atoms with Crippen molar-refractivity contribution in [1.29, 1.82) is 0 Å². The molecular weight excluding hydrogens is 390 g/mol. The summed E-state index contributed by atoms with van der Waals surface area (Å²) in [5.41, 5.74) is 3.15. The van der Waals surface area contributed by atoms with Gasteiger partial charge in [0.05, 0.1) is 34.9 Å². The number of anilines is 1. The molecule has 2 fully saturated rings. The van der Waals surface area contributed by atoms with Gasteiger partial charge in [-0.2, -0.15) is 5.10 Å². The van der Waals surface area contributed by atoms with E-state index < -0.39 is 6.10 Å². The van der Waals surface area contributed by atoms with E-state index in [9.17, 15) is 5.11 Å². The van der Waals surface area contributed by atoms with Crippen LogP contribution < -0.4 is 4.90 Å². The number of benzene rings is 1. The Bertz CT molecular complexity index is 1190. The zero-order valence-corrected chi connectivity index (χ0v) is 17.2. The first-order valence-electron chi connectivity index (χ1n) is 10.9. The van der Waals surface area contributed by atoms with Gasteiger partial charge in [0.1, 0.15) is 5.82 Å². The molecule has 1 aliphatic carbocycles. The molecule has 0 spiro atoms. The number of aromatic amines is 1. The van der Waals surface area contributed by atoms with Crippen LogP contribution in [0.2, 0.25) is 0 Å². The van der Waals surface area contributed by atoms with E-state index >= 15 is 0 Å². The predicted molar refractivity (Wildman–Crippen MR) is 117 cm³/mol. The molecule has 0 radical (unpaired) electrons. The molecule has 4 atom stereocenters. The molecule has 1 aromatic carbocycles. The molecule has 0 bridgehead atoms. The summed E-state index contributed by atoms with van der Waals surface area (Å²) >= 11 is 0. The topological polar surface area (TPSA) is 95.8 Å². The van der Waals surface area contributed by atoms with E-state index in [1.165, 1.54) is 5.56 Å². The Morgan fingerprint density at radius 3 is 2.77 bits per heavy atom. The van der Waals surface area contributed by atoms with Crippen molar-refractivity contribution in [3.8, 4) is 0 Å². The lowest BCUT2D eigenvalue weighted by molar-refractivity contribution is 0.0298. The van der Waals surface area contributed by atoms with Crippen molar-refractivity contribution in [2.24, 2.45) is 11.8 Å². The van der Waals surface area contributed by atoms with Crippen molar-refractivity contribution >= 4 is 16.7 Å². The Morgan fingerprint density at radius 2 is 1.90 bits per heavy atom. The smallest absolute Gasteiger partial charge is 0.139 e. The van der Waals surface area contributed by atoms with Crippen molar-refractivity contribution in [2.45, 2.75) is 31.4 Å². The van der Waals surface area contributed by atoms with Crippen molar-refractivity contribution in [3.63, 3.8) is 0 Å². The van der Waals surface area contributed by atoms with E-state index in [0.717, 1.165) is 54.8 Å². The molecule has 31 heavy (non-hydrogen) atoms. The summed E-state index contributed by atoms with van der Waals surface area (Å²) in [7, 11) is 0. The van der Waals surface area contributed by atoms with Crippen LogP contribution in [0.15, 0.2) is 55.0 Å². The predicted octanol–water partition coefficient (Wildman–Crippen LogP) is 2.59. The van der Waals surface area contributed by atoms with Gasteiger partial charge in [0.2, 0.25) is 0 Å². The maximum absolute atomic E-state index is 10.9. The third kappa shape index (κ3) is 3.37. The monoisotopic (exact) mass is 415 g/mol. The van der Waals surface area contributed by atoms with Crippen LogP contribution in [0.1, 0.15) is 30.1 Å². The third-order valence-electron chi connectivity index (χ3n) is 6.88. The quantitative estimate of drug-likeness (QED) is 0.532. The average molecular weight is 416 g/mol. The van der Waals surface area contributed by atoms with Crippen molar-refractivity contribution in [3.05, 3.63) is 66.2 Å². The fourth-order valence-electron chi connectivity index (χ4n) is 5.33. The molecule has 6 rings (SSSR count). The van der Waals surface area contributed by atoms with Crippen LogP contribution in [-0.4, -0.2) is 54.5 Å². The lowest BCUT2D eigenvalue weighted by atomic mass is 9.77. The molecule has 1 saturated heterocycles. The van der Waals surface area contributed by atoms with Gasteiger partial charge in [0.15, 0.2) is 0 Å². The molecule has 8 heteroatoms. The Morgan fingerprint density at radius 1 is 1.06 bits per heavy atom. The highest BCUT2D eigenvalue weighted by molar-refractivity contribution is 5.89. The summed E-state index contributed by atoms with van der Waals surface area (Å²) in [6.07, 6.45) is 7.70. The normalized spacial score (nSPS) is 25.8. The second-order valence-electron chi connectivity index (χ2n) is 8.85. The first-order valence-corrected chi connectivity index (χ1v) is 10.9. The molecule has 1 aliphatic heterocycles. The number of aliphatic hydroxyl groups excluding tert-OH is 1. The van der Waals surface area contributed by atoms with Gasteiger partial charge in [-0.15, -0.1) is 5.10 Å². The molecule has 158 valence electrons. The SMILES string of the molecule is O[C@@H]1C[C@H]2CN(c3nccc4[nH]ncc34)C[C@H]2C[C@H]1n1cc(Cc2ccccc2)nn1. The van der Waals surface area contributed by atoms with E-state index in [1.54, 1.807) is 0 Å². The second kappa shape index (κ2) is 7.46. The molecule has 0 unspecified atom stereocenters. The number of aliphatic hydroxyl groups is 1. The van der Waals surface area contributed by atoms with Gasteiger partial charge in [-0.3, -0.25) is 5.10 Å². The highest BCUT2D eigenvalue weighted by Crippen LogP contribution is 2.42. The first kappa shape index (κ1) is 18.5. The largest absolute Gasteiger partial charge is 0.391 e. The Hall–Kier alpha value is -3.26. The van der Waals surface area contributed by atoms with Crippen LogP contribution in [0.5, 0.6) is 0 Å². The third-order valence-corrected chi connectivity index (χ3v) is 6.88. The maximum Gasteiger partial charge on any atom is 0.139 e. The molecule has 3 aromatic heterocycles. The number of fused-ring (bicyclic) bond motifs is 2. The number of nitrogens with zero attached hydrogens (tertiary/aromatic N) is 6. The van der Waals surface area contributed by atoms with E-state index in [2.05, 4.69) is 42.5 Å². The van der Waals surface area contributed by atoms with Gasteiger partial charge in [0, 0.05) is 31.9 Å². The van der Waals surface area contributed by atoms with E-state index in [1.807, 2.05) is 47.5 Å². The molecule has 4 heterocycles. The first-order chi connectivity index (χ1) is 15.2. The zero-order valence-electron chi connectivity index (χ0n) is 17.2.